The van der Waals surface area contributed by atoms with Crippen LogP contribution in [0, 0.1) is 0 Å². The minimum Gasteiger partial charge on any atom is -0.488 e. The van der Waals surface area contributed by atoms with Gasteiger partial charge in [0.1, 0.15) is 12.4 Å². The van der Waals surface area contributed by atoms with Crippen molar-refractivity contribution in [2.75, 3.05) is 18.0 Å². The molecule has 0 radical (unpaired) electrons. The van der Waals surface area contributed by atoms with E-state index in [-0.39, 0.29) is 0 Å². The van der Waals surface area contributed by atoms with Crippen LogP contribution in [0.1, 0.15) is 57.6 Å². The summed E-state index contributed by atoms with van der Waals surface area (Å²) in [6.45, 7) is 9.36. The zero-order valence-electron chi connectivity index (χ0n) is 16.6. The largest absolute Gasteiger partial charge is 0.488 e. The Bertz CT molecular complexity index is 655. The monoisotopic (exact) mass is 351 g/mol. The number of allylic oxidation sites excluding steroid dienone is 1. The fourth-order valence-corrected chi connectivity index (χ4v) is 2.97. The van der Waals surface area contributed by atoms with Gasteiger partial charge < -0.3 is 9.64 Å². The SMILES string of the molecule is C/C=C/c1ccc(N(CCCC)CCCC)cc1OCc1ccccc1. The third kappa shape index (κ3) is 6.25. The molecule has 0 aliphatic heterocycles. The van der Waals surface area contributed by atoms with Gasteiger partial charge in [-0.05, 0) is 37.5 Å². The fraction of sp³-hybridized carbons (Fsp3) is 0.417. The molecule has 0 N–H and O–H groups in total. The Balaban J connectivity index is 2.21. The van der Waals surface area contributed by atoms with Gasteiger partial charge in [0, 0.05) is 30.4 Å². The minimum absolute atomic E-state index is 0.596. The van der Waals surface area contributed by atoms with Crippen LogP contribution < -0.4 is 9.64 Å². The Morgan fingerprint density at radius 1 is 0.923 bits per heavy atom. The van der Waals surface area contributed by atoms with Crippen LogP contribution in [-0.2, 0) is 6.61 Å². The molecule has 2 heteroatoms. The van der Waals surface area contributed by atoms with Gasteiger partial charge in [0.25, 0.3) is 0 Å². The van der Waals surface area contributed by atoms with Gasteiger partial charge >= 0.3 is 0 Å². The molecule has 0 atom stereocenters. The number of hydrogen-bond donors (Lipinski definition) is 0. The van der Waals surface area contributed by atoms with Gasteiger partial charge in [-0.2, -0.15) is 0 Å². The highest BCUT2D eigenvalue weighted by Crippen LogP contribution is 2.28. The molecule has 140 valence electrons. The van der Waals surface area contributed by atoms with E-state index >= 15 is 0 Å². The maximum absolute atomic E-state index is 6.20. The second-order valence-electron chi connectivity index (χ2n) is 6.69. The van der Waals surface area contributed by atoms with Crippen molar-refractivity contribution in [3.63, 3.8) is 0 Å². The topological polar surface area (TPSA) is 12.5 Å². The molecule has 0 aliphatic rings. The Hall–Kier alpha value is -2.22. The molecule has 2 aromatic rings. The molecule has 2 rings (SSSR count). The summed E-state index contributed by atoms with van der Waals surface area (Å²) < 4.78 is 6.20. The molecule has 0 aliphatic carbocycles. The number of rotatable bonds is 11. The Kier molecular flexibility index (Phi) is 8.82. The predicted octanol–water partition coefficient (Wildman–Crippen LogP) is 6.71. The smallest absolute Gasteiger partial charge is 0.129 e. The second-order valence-corrected chi connectivity index (χ2v) is 6.69. The van der Waals surface area contributed by atoms with Gasteiger partial charge in [0.15, 0.2) is 0 Å². The van der Waals surface area contributed by atoms with Crippen molar-refractivity contribution in [2.24, 2.45) is 0 Å². The number of ether oxygens (including phenoxy) is 1. The first-order valence-corrected chi connectivity index (χ1v) is 9.96. The molecule has 0 heterocycles. The van der Waals surface area contributed by atoms with Crippen molar-refractivity contribution in [1.82, 2.24) is 0 Å². The summed E-state index contributed by atoms with van der Waals surface area (Å²) in [6.07, 6.45) is 9.07. The van der Waals surface area contributed by atoms with Crippen molar-refractivity contribution < 1.29 is 4.74 Å². The summed E-state index contributed by atoms with van der Waals surface area (Å²) in [7, 11) is 0. The summed E-state index contributed by atoms with van der Waals surface area (Å²) in [5, 5.41) is 0. The standard InChI is InChI=1S/C24H33NO/c1-4-7-17-25(18-8-5-2)23-16-15-22(12-6-3)24(19-23)26-20-21-13-10-9-11-14-21/h6,9-16,19H,4-5,7-8,17-18,20H2,1-3H3/b12-6+. The zero-order chi connectivity index (χ0) is 18.6. The molecule has 0 unspecified atom stereocenters. The molecule has 0 fully saturated rings. The third-order valence-electron chi connectivity index (χ3n) is 4.51. The predicted molar refractivity (Wildman–Crippen MR) is 114 cm³/mol. The molecule has 0 bridgehead atoms. The summed E-state index contributed by atoms with van der Waals surface area (Å²) >= 11 is 0. The molecule has 0 saturated heterocycles. The lowest BCUT2D eigenvalue weighted by Crippen LogP contribution is -2.25. The van der Waals surface area contributed by atoms with Crippen molar-refractivity contribution in [3.05, 3.63) is 65.7 Å². The van der Waals surface area contributed by atoms with E-state index in [1.54, 1.807) is 0 Å². The van der Waals surface area contributed by atoms with Crippen LogP contribution in [0.15, 0.2) is 54.6 Å². The number of nitrogens with zero attached hydrogens (tertiary/aromatic N) is 1. The van der Waals surface area contributed by atoms with E-state index in [9.17, 15) is 0 Å². The van der Waals surface area contributed by atoms with Crippen LogP contribution in [0.3, 0.4) is 0 Å². The van der Waals surface area contributed by atoms with E-state index in [1.165, 1.54) is 36.9 Å². The average molecular weight is 352 g/mol. The highest BCUT2D eigenvalue weighted by molar-refractivity contribution is 5.63. The van der Waals surface area contributed by atoms with E-state index in [0.29, 0.717) is 6.61 Å². The summed E-state index contributed by atoms with van der Waals surface area (Å²) in [4.78, 5) is 2.50. The van der Waals surface area contributed by atoms with Gasteiger partial charge in [-0.3, -0.25) is 0 Å². The highest BCUT2D eigenvalue weighted by atomic mass is 16.5. The molecular weight excluding hydrogens is 318 g/mol. The van der Waals surface area contributed by atoms with Crippen molar-refractivity contribution in [3.8, 4) is 5.75 Å². The Morgan fingerprint density at radius 2 is 1.62 bits per heavy atom. The molecule has 0 aromatic heterocycles. The van der Waals surface area contributed by atoms with Crippen LogP contribution in [-0.4, -0.2) is 13.1 Å². The number of hydrogen-bond acceptors (Lipinski definition) is 2. The minimum atomic E-state index is 0.596. The maximum atomic E-state index is 6.20. The van der Waals surface area contributed by atoms with Crippen LogP contribution in [0.25, 0.3) is 6.08 Å². The Morgan fingerprint density at radius 3 is 2.23 bits per heavy atom. The van der Waals surface area contributed by atoms with Crippen LogP contribution in [0.5, 0.6) is 5.75 Å². The number of unbranched alkanes of at least 4 members (excludes halogenated alkanes) is 2. The van der Waals surface area contributed by atoms with Crippen LogP contribution >= 0.6 is 0 Å². The lowest BCUT2D eigenvalue weighted by atomic mass is 10.1. The van der Waals surface area contributed by atoms with Gasteiger partial charge in [-0.15, -0.1) is 0 Å². The average Bonchev–Trinajstić information content (AvgIpc) is 2.68. The van der Waals surface area contributed by atoms with Gasteiger partial charge in [0.2, 0.25) is 0 Å². The normalized spacial score (nSPS) is 11.0. The molecule has 26 heavy (non-hydrogen) atoms. The van der Waals surface area contributed by atoms with Gasteiger partial charge in [-0.1, -0.05) is 69.2 Å². The number of benzene rings is 2. The first-order valence-electron chi connectivity index (χ1n) is 9.96. The molecule has 0 spiro atoms. The fourth-order valence-electron chi connectivity index (χ4n) is 2.97. The molecule has 2 nitrogen and oxygen atoms in total. The van der Waals surface area contributed by atoms with E-state index < -0.39 is 0 Å². The third-order valence-corrected chi connectivity index (χ3v) is 4.51. The van der Waals surface area contributed by atoms with Gasteiger partial charge in [0.05, 0.1) is 0 Å². The summed E-state index contributed by atoms with van der Waals surface area (Å²) in [5.74, 6) is 0.961. The van der Waals surface area contributed by atoms with Crippen LogP contribution in [0.2, 0.25) is 0 Å². The van der Waals surface area contributed by atoms with Crippen LogP contribution in [0.4, 0.5) is 5.69 Å². The maximum Gasteiger partial charge on any atom is 0.129 e. The molecule has 0 saturated carbocycles. The van der Waals surface area contributed by atoms with Crippen molar-refractivity contribution in [2.45, 2.75) is 53.1 Å². The van der Waals surface area contributed by atoms with E-state index in [4.69, 9.17) is 4.74 Å². The molecular formula is C24H33NO. The lowest BCUT2D eigenvalue weighted by Gasteiger charge is -2.25. The summed E-state index contributed by atoms with van der Waals surface area (Å²) in [6, 6.07) is 17.0. The quantitative estimate of drug-likeness (QED) is 0.446. The Labute approximate surface area is 159 Å². The van der Waals surface area contributed by atoms with Crippen molar-refractivity contribution >= 4 is 11.8 Å². The molecule has 2 aromatic carbocycles. The van der Waals surface area contributed by atoms with E-state index in [2.05, 4.69) is 73.4 Å². The lowest BCUT2D eigenvalue weighted by molar-refractivity contribution is 0.305. The highest BCUT2D eigenvalue weighted by Gasteiger charge is 2.10. The first kappa shape index (κ1) is 20.1. The molecule has 0 amide bonds. The van der Waals surface area contributed by atoms with E-state index in [1.807, 2.05) is 13.0 Å². The van der Waals surface area contributed by atoms with Crippen molar-refractivity contribution in [1.29, 1.82) is 0 Å². The number of anilines is 1. The second kappa shape index (κ2) is 11.4. The first-order chi connectivity index (χ1) is 12.8. The summed E-state index contributed by atoms with van der Waals surface area (Å²) in [5.41, 5.74) is 3.60. The zero-order valence-corrected chi connectivity index (χ0v) is 16.6. The van der Waals surface area contributed by atoms with Gasteiger partial charge in [-0.25, -0.2) is 0 Å². The van der Waals surface area contributed by atoms with E-state index in [0.717, 1.165) is 24.4 Å².